The maximum atomic E-state index is 5.25. The first kappa shape index (κ1) is 19.2. The van der Waals surface area contributed by atoms with Gasteiger partial charge in [-0.3, -0.25) is 4.99 Å². The molecule has 1 aromatic heterocycles. The Morgan fingerprint density at radius 2 is 1.96 bits per heavy atom. The average Bonchev–Trinajstić information content (AvgIpc) is 3.01. The lowest BCUT2D eigenvalue weighted by molar-refractivity contribution is 0.375. The van der Waals surface area contributed by atoms with Crippen LogP contribution in [0.2, 0.25) is 0 Å². The highest BCUT2D eigenvalue weighted by Gasteiger charge is 2.17. The van der Waals surface area contributed by atoms with E-state index in [2.05, 4.69) is 58.7 Å². The molecule has 1 saturated heterocycles. The van der Waals surface area contributed by atoms with Gasteiger partial charge in [-0.05, 0) is 45.6 Å². The Balaban J connectivity index is 1.58. The van der Waals surface area contributed by atoms with Crippen LogP contribution in [0.4, 0.5) is 0 Å². The minimum Gasteiger partial charge on any atom is -0.361 e. The van der Waals surface area contributed by atoms with Crippen LogP contribution in [0.1, 0.15) is 42.3 Å². The molecule has 2 aromatic rings. The predicted octanol–water partition coefficient (Wildman–Crippen LogP) is 3.98. The predicted molar refractivity (Wildman–Crippen MR) is 111 cm³/mol. The van der Waals surface area contributed by atoms with Crippen molar-refractivity contribution in [2.24, 2.45) is 4.99 Å². The fourth-order valence-electron chi connectivity index (χ4n) is 3.49. The van der Waals surface area contributed by atoms with Crippen molar-refractivity contribution in [3.8, 4) is 0 Å². The molecule has 1 aliphatic heterocycles. The van der Waals surface area contributed by atoms with Crippen molar-refractivity contribution >= 4 is 12.0 Å². The summed E-state index contributed by atoms with van der Waals surface area (Å²) in [4.78, 5) is 7.22. The fraction of sp³-hybridized carbons (Fsp3) is 0.455. The summed E-state index contributed by atoms with van der Waals surface area (Å²) in [7, 11) is 0. The van der Waals surface area contributed by atoms with Gasteiger partial charge in [0.1, 0.15) is 5.76 Å². The molecule has 3 rings (SSSR count). The lowest BCUT2D eigenvalue weighted by atomic mass is 10.0. The first-order chi connectivity index (χ1) is 13.2. The van der Waals surface area contributed by atoms with Crippen molar-refractivity contribution in [2.75, 3.05) is 26.2 Å². The van der Waals surface area contributed by atoms with Gasteiger partial charge in [-0.1, -0.05) is 47.1 Å². The van der Waals surface area contributed by atoms with Crippen molar-refractivity contribution < 1.29 is 4.52 Å². The van der Waals surface area contributed by atoms with Crippen molar-refractivity contribution in [1.29, 1.82) is 0 Å². The van der Waals surface area contributed by atoms with Gasteiger partial charge in [-0.25, -0.2) is 0 Å². The highest BCUT2D eigenvalue weighted by Crippen LogP contribution is 2.19. The summed E-state index contributed by atoms with van der Waals surface area (Å²) < 4.78 is 5.25. The zero-order valence-corrected chi connectivity index (χ0v) is 16.7. The van der Waals surface area contributed by atoms with Crippen molar-refractivity contribution in [3.63, 3.8) is 0 Å². The molecule has 1 fully saturated rings. The van der Waals surface area contributed by atoms with Gasteiger partial charge in [0.2, 0.25) is 0 Å². The smallest absolute Gasteiger partial charge is 0.193 e. The second-order valence-electron chi connectivity index (χ2n) is 6.99. The van der Waals surface area contributed by atoms with E-state index >= 15 is 0 Å². The maximum absolute atomic E-state index is 5.25. The van der Waals surface area contributed by atoms with E-state index in [9.17, 15) is 0 Å². The molecule has 0 spiro atoms. The maximum Gasteiger partial charge on any atom is 0.193 e. The average molecular weight is 367 g/mol. The highest BCUT2D eigenvalue weighted by molar-refractivity contribution is 5.80. The van der Waals surface area contributed by atoms with Crippen LogP contribution in [-0.2, 0) is 6.42 Å². The number of likely N-dealkylation sites (tertiary alicyclic amines) is 1. The fourth-order valence-corrected chi connectivity index (χ4v) is 3.49. The molecule has 0 unspecified atom stereocenters. The first-order valence-corrected chi connectivity index (χ1v) is 9.87. The molecule has 0 amide bonds. The first-order valence-electron chi connectivity index (χ1n) is 9.87. The van der Waals surface area contributed by atoms with E-state index in [4.69, 9.17) is 9.52 Å². The largest absolute Gasteiger partial charge is 0.361 e. The van der Waals surface area contributed by atoms with E-state index in [1.54, 1.807) is 0 Å². The van der Waals surface area contributed by atoms with E-state index in [1.165, 1.54) is 16.7 Å². The number of benzene rings is 1. The number of rotatable bonds is 5. The number of hydrogen-bond donors (Lipinski definition) is 1. The van der Waals surface area contributed by atoms with Gasteiger partial charge < -0.3 is 14.7 Å². The lowest BCUT2D eigenvalue weighted by Crippen LogP contribution is -2.44. The molecule has 0 aliphatic carbocycles. The highest BCUT2D eigenvalue weighted by atomic mass is 16.5. The van der Waals surface area contributed by atoms with Gasteiger partial charge in [0, 0.05) is 31.7 Å². The summed E-state index contributed by atoms with van der Waals surface area (Å²) in [5, 5.41) is 7.47. The van der Waals surface area contributed by atoms with Crippen LogP contribution < -0.4 is 5.32 Å². The molecular formula is C22H30N4O. The third-order valence-corrected chi connectivity index (χ3v) is 5.02. The normalized spacial score (nSPS) is 15.1. The van der Waals surface area contributed by atoms with E-state index < -0.39 is 0 Å². The summed E-state index contributed by atoms with van der Waals surface area (Å²) in [5.74, 6) is 1.92. The van der Waals surface area contributed by atoms with E-state index in [0.717, 1.165) is 62.9 Å². The van der Waals surface area contributed by atoms with Gasteiger partial charge in [0.15, 0.2) is 5.96 Å². The van der Waals surface area contributed by atoms with Gasteiger partial charge in [-0.2, -0.15) is 0 Å². The Kier molecular flexibility index (Phi) is 6.69. The Morgan fingerprint density at radius 1 is 1.22 bits per heavy atom. The van der Waals surface area contributed by atoms with Gasteiger partial charge in [0.25, 0.3) is 0 Å². The molecule has 5 nitrogen and oxygen atoms in total. The number of nitrogens with one attached hydrogen (secondary N) is 1. The zero-order chi connectivity index (χ0) is 19.1. The Labute approximate surface area is 162 Å². The lowest BCUT2D eigenvalue weighted by Gasteiger charge is -2.31. The van der Waals surface area contributed by atoms with Gasteiger partial charge >= 0.3 is 0 Å². The van der Waals surface area contributed by atoms with Crippen LogP contribution in [0.15, 0.2) is 45.4 Å². The van der Waals surface area contributed by atoms with Crippen LogP contribution in [0.5, 0.6) is 0 Å². The Morgan fingerprint density at radius 3 is 2.59 bits per heavy atom. The second-order valence-corrected chi connectivity index (χ2v) is 6.99. The molecule has 2 heterocycles. The molecule has 5 heteroatoms. The number of piperidine rings is 1. The summed E-state index contributed by atoms with van der Waals surface area (Å²) in [6, 6.07) is 10.6. The molecular weight excluding hydrogens is 336 g/mol. The molecule has 0 bridgehead atoms. The van der Waals surface area contributed by atoms with E-state index in [-0.39, 0.29) is 0 Å². The quantitative estimate of drug-likeness (QED) is 0.642. The van der Waals surface area contributed by atoms with Crippen LogP contribution in [0.25, 0.3) is 6.08 Å². The van der Waals surface area contributed by atoms with Crippen LogP contribution in [0.3, 0.4) is 0 Å². The number of nitrogens with zero attached hydrogens (tertiary/aromatic N) is 3. The van der Waals surface area contributed by atoms with Crippen molar-refractivity contribution in [3.05, 3.63) is 58.5 Å². The minimum absolute atomic E-state index is 0.744. The van der Waals surface area contributed by atoms with E-state index in [1.807, 2.05) is 13.8 Å². The van der Waals surface area contributed by atoms with Crippen LogP contribution in [-0.4, -0.2) is 42.2 Å². The van der Waals surface area contributed by atoms with Gasteiger partial charge in [0.05, 0.1) is 5.69 Å². The molecule has 1 N–H and O–H groups in total. The van der Waals surface area contributed by atoms with Crippen LogP contribution in [0, 0.1) is 13.8 Å². The standard InChI is InChI=1S/C22H30N4O/c1-4-23-22(24-13-10-21-17(2)25-27-18(21)3)26-14-11-20(12-15-26)16-19-8-6-5-7-9-19/h5-9,16H,4,10-15H2,1-3H3,(H,23,24). The second kappa shape index (κ2) is 9.40. The molecule has 0 atom stereocenters. The zero-order valence-electron chi connectivity index (χ0n) is 16.7. The number of aryl methyl sites for hydroxylation is 2. The van der Waals surface area contributed by atoms with E-state index in [0.29, 0.717) is 0 Å². The number of aromatic nitrogens is 1. The number of guanidine groups is 1. The van der Waals surface area contributed by atoms with Crippen LogP contribution >= 0.6 is 0 Å². The number of aliphatic imine (C=N–C) groups is 1. The molecule has 27 heavy (non-hydrogen) atoms. The van der Waals surface area contributed by atoms with Gasteiger partial charge in [-0.15, -0.1) is 0 Å². The Hall–Kier alpha value is -2.56. The minimum atomic E-state index is 0.744. The molecule has 0 radical (unpaired) electrons. The third kappa shape index (κ3) is 5.22. The summed E-state index contributed by atoms with van der Waals surface area (Å²) in [5.41, 5.74) is 4.97. The SMILES string of the molecule is CCNC(=NCCc1c(C)noc1C)N1CCC(=Cc2ccccc2)CC1. The third-order valence-electron chi connectivity index (χ3n) is 5.02. The monoisotopic (exact) mass is 366 g/mol. The molecule has 0 saturated carbocycles. The topological polar surface area (TPSA) is 53.7 Å². The molecule has 1 aliphatic rings. The molecule has 1 aromatic carbocycles. The number of hydrogen-bond acceptors (Lipinski definition) is 3. The summed E-state index contributed by atoms with van der Waals surface area (Å²) >= 11 is 0. The molecule has 144 valence electrons. The Bertz CT molecular complexity index is 762. The van der Waals surface area contributed by atoms with Crippen molar-refractivity contribution in [1.82, 2.24) is 15.4 Å². The summed E-state index contributed by atoms with van der Waals surface area (Å²) in [6.45, 7) is 9.73. The summed E-state index contributed by atoms with van der Waals surface area (Å²) in [6.07, 6.45) is 5.37. The van der Waals surface area contributed by atoms with Crippen molar-refractivity contribution in [2.45, 2.75) is 40.0 Å².